The van der Waals surface area contributed by atoms with Crippen LogP contribution in [0.25, 0.3) is 95.8 Å². The average Bonchev–Trinajstić information content (AvgIpc) is 3.73. The Morgan fingerprint density at radius 3 is 2.07 bits per heavy atom. The molecular weight excluding hydrogens is 565 g/mol. The fraction of sp³-hybridized carbons (Fsp3) is 0. The molecule has 10 rings (SSSR count). The Morgan fingerprint density at radius 1 is 0.465 bits per heavy atom. The summed E-state index contributed by atoms with van der Waals surface area (Å²) in [5.41, 5.74) is 8.53. The van der Waals surface area contributed by atoms with Gasteiger partial charge in [-0.3, -0.25) is 0 Å². The first-order valence-electron chi connectivity index (χ1n) is 14.2. The molecule has 0 aliphatic rings. The highest BCUT2D eigenvalue weighted by Crippen LogP contribution is 2.41. The molecular formula is C38H20N2OS2. The minimum absolute atomic E-state index is 0.568. The zero-order valence-corrected chi connectivity index (χ0v) is 24.3. The van der Waals surface area contributed by atoms with Crippen LogP contribution in [0.3, 0.4) is 0 Å². The van der Waals surface area contributed by atoms with Gasteiger partial charge >= 0.3 is 0 Å². The van der Waals surface area contributed by atoms with Crippen molar-refractivity contribution in [3.8, 4) is 22.3 Å². The summed E-state index contributed by atoms with van der Waals surface area (Å²) in [6, 6.07) is 43.3. The van der Waals surface area contributed by atoms with Crippen molar-refractivity contribution < 1.29 is 4.42 Å². The molecule has 0 saturated carbocycles. The molecule has 5 heteroatoms. The van der Waals surface area contributed by atoms with Crippen LogP contribution in [0.4, 0.5) is 0 Å². The fourth-order valence-corrected chi connectivity index (χ4v) is 8.74. The third-order valence-electron chi connectivity index (χ3n) is 8.50. The largest absolute Gasteiger partial charge is 0.436 e. The Balaban J connectivity index is 1.14. The molecule has 0 bridgehead atoms. The maximum Gasteiger partial charge on any atom is 0.246 e. The summed E-state index contributed by atoms with van der Waals surface area (Å²) in [6.45, 7) is 0. The quantitative estimate of drug-likeness (QED) is 0.203. The Bertz CT molecular complexity index is 2750. The van der Waals surface area contributed by atoms with Gasteiger partial charge < -0.3 is 4.42 Å². The van der Waals surface area contributed by atoms with E-state index in [9.17, 15) is 0 Å². The maximum atomic E-state index is 6.21. The van der Waals surface area contributed by atoms with Gasteiger partial charge in [-0.1, -0.05) is 72.8 Å². The van der Waals surface area contributed by atoms with Gasteiger partial charge in [0.2, 0.25) is 5.71 Å². The molecule has 0 amide bonds. The van der Waals surface area contributed by atoms with Crippen molar-refractivity contribution in [3.05, 3.63) is 121 Å². The fourth-order valence-electron chi connectivity index (χ4n) is 6.42. The number of benzene rings is 6. The van der Waals surface area contributed by atoms with E-state index in [1.165, 1.54) is 51.5 Å². The van der Waals surface area contributed by atoms with Crippen LogP contribution >= 0.6 is 22.7 Å². The highest BCUT2D eigenvalue weighted by Gasteiger charge is 2.16. The molecule has 0 radical (unpaired) electrons. The van der Waals surface area contributed by atoms with Gasteiger partial charge in [0.15, 0.2) is 0 Å². The average molecular weight is 585 g/mol. The van der Waals surface area contributed by atoms with E-state index in [0.717, 1.165) is 38.6 Å². The lowest BCUT2D eigenvalue weighted by atomic mass is 10.0. The molecule has 0 aliphatic heterocycles. The molecule has 200 valence electrons. The van der Waals surface area contributed by atoms with Crippen molar-refractivity contribution >= 4 is 96.3 Å². The lowest BCUT2D eigenvalue weighted by Crippen LogP contribution is -1.86. The molecule has 0 N–H and O–H groups in total. The molecule has 0 aliphatic carbocycles. The lowest BCUT2D eigenvalue weighted by molar-refractivity contribution is 0.655. The lowest BCUT2D eigenvalue weighted by Gasteiger charge is -2.05. The Hall–Kier alpha value is -5.10. The van der Waals surface area contributed by atoms with Crippen LogP contribution in [0.2, 0.25) is 0 Å². The van der Waals surface area contributed by atoms with Gasteiger partial charge in [-0.05, 0) is 70.8 Å². The molecule has 0 atom stereocenters. The summed E-state index contributed by atoms with van der Waals surface area (Å²) in [5, 5.41) is 6.18. The Kier molecular flexibility index (Phi) is 4.75. The van der Waals surface area contributed by atoms with Gasteiger partial charge in [-0.15, -0.1) is 22.7 Å². The monoisotopic (exact) mass is 584 g/mol. The topological polar surface area (TPSA) is 38.9 Å². The number of furan rings is 1. The van der Waals surface area contributed by atoms with E-state index in [2.05, 4.69) is 115 Å². The van der Waals surface area contributed by atoms with Crippen LogP contribution in [0.15, 0.2) is 126 Å². The third kappa shape index (κ3) is 3.46. The van der Waals surface area contributed by atoms with Crippen molar-refractivity contribution in [1.29, 1.82) is 0 Å². The Labute approximate surface area is 253 Å². The van der Waals surface area contributed by atoms with Crippen LogP contribution in [-0.2, 0) is 0 Å². The van der Waals surface area contributed by atoms with Crippen molar-refractivity contribution in [3.63, 3.8) is 0 Å². The summed E-state index contributed by atoms with van der Waals surface area (Å²) >= 11 is 3.69. The molecule has 0 spiro atoms. The van der Waals surface area contributed by atoms with E-state index in [1.54, 1.807) is 0 Å². The van der Waals surface area contributed by atoms with E-state index in [0.29, 0.717) is 5.71 Å². The molecule has 43 heavy (non-hydrogen) atoms. The molecule has 3 nitrogen and oxygen atoms in total. The van der Waals surface area contributed by atoms with Gasteiger partial charge in [0, 0.05) is 45.7 Å². The second kappa shape index (κ2) is 8.71. The van der Waals surface area contributed by atoms with Crippen molar-refractivity contribution in [2.45, 2.75) is 0 Å². The molecule has 4 heterocycles. The standard InChI is InChI=1S/C38H20N2OS2/c1-4-11-34-25(6-1)27-9-5-8-24(37(27)43-34)23-13-16-32-29(19-23)36-38(41-32)40-30-15-12-22(20-31(30)39-36)21-14-17-35-28(18-21)26-7-2-3-10-33(26)42-35/h1-20H. The summed E-state index contributed by atoms with van der Waals surface area (Å²) in [4.78, 5) is 10.0. The first-order chi connectivity index (χ1) is 21.3. The van der Waals surface area contributed by atoms with E-state index < -0.39 is 0 Å². The number of hydrogen-bond donors (Lipinski definition) is 0. The van der Waals surface area contributed by atoms with E-state index in [1.807, 2.05) is 28.7 Å². The summed E-state index contributed by atoms with van der Waals surface area (Å²) in [7, 11) is 0. The van der Waals surface area contributed by atoms with Crippen LogP contribution in [0.5, 0.6) is 0 Å². The normalized spacial score (nSPS) is 12.2. The number of thiophene rings is 2. The molecule has 0 fully saturated rings. The van der Waals surface area contributed by atoms with Crippen LogP contribution in [0, 0.1) is 0 Å². The van der Waals surface area contributed by atoms with E-state index >= 15 is 0 Å². The van der Waals surface area contributed by atoms with Gasteiger partial charge in [-0.25, -0.2) is 9.97 Å². The number of nitrogens with zero attached hydrogens (tertiary/aromatic N) is 2. The molecule has 0 unspecified atom stereocenters. The smallest absolute Gasteiger partial charge is 0.246 e. The summed E-state index contributed by atoms with van der Waals surface area (Å²) in [5.74, 6) is 0. The van der Waals surface area contributed by atoms with Crippen LogP contribution in [-0.4, -0.2) is 9.97 Å². The first-order valence-corrected chi connectivity index (χ1v) is 15.9. The molecule has 4 aromatic heterocycles. The highest BCUT2D eigenvalue weighted by molar-refractivity contribution is 7.26. The SMILES string of the molecule is c1ccc2c(c1)sc1ccc(-c3ccc4nc5oc6ccc(-c7cccc8c7sc7ccccc78)cc6c5nc4c3)cc12. The number of rotatable bonds is 2. The van der Waals surface area contributed by atoms with Crippen molar-refractivity contribution in [2.24, 2.45) is 0 Å². The van der Waals surface area contributed by atoms with Crippen LogP contribution in [0.1, 0.15) is 0 Å². The second-order valence-electron chi connectivity index (χ2n) is 11.0. The number of aromatic nitrogens is 2. The summed E-state index contributed by atoms with van der Waals surface area (Å²) in [6.07, 6.45) is 0. The zero-order chi connectivity index (χ0) is 28.1. The van der Waals surface area contributed by atoms with E-state index in [-0.39, 0.29) is 0 Å². The van der Waals surface area contributed by atoms with Gasteiger partial charge in [0.05, 0.1) is 11.0 Å². The molecule has 0 saturated heterocycles. The first kappa shape index (κ1) is 23.5. The third-order valence-corrected chi connectivity index (χ3v) is 10.9. The predicted octanol–water partition coefficient (Wildman–Crippen LogP) is 11.6. The van der Waals surface area contributed by atoms with Gasteiger partial charge in [0.25, 0.3) is 0 Å². The Morgan fingerprint density at radius 2 is 1.16 bits per heavy atom. The number of fused-ring (bicyclic) bond motifs is 10. The van der Waals surface area contributed by atoms with Crippen molar-refractivity contribution in [1.82, 2.24) is 9.97 Å². The van der Waals surface area contributed by atoms with Crippen LogP contribution < -0.4 is 0 Å². The zero-order valence-electron chi connectivity index (χ0n) is 22.7. The molecule has 6 aromatic carbocycles. The minimum atomic E-state index is 0.568. The maximum absolute atomic E-state index is 6.21. The number of hydrogen-bond acceptors (Lipinski definition) is 5. The van der Waals surface area contributed by atoms with Gasteiger partial charge in [-0.2, -0.15) is 0 Å². The minimum Gasteiger partial charge on any atom is -0.436 e. The van der Waals surface area contributed by atoms with Gasteiger partial charge in [0.1, 0.15) is 11.1 Å². The highest BCUT2D eigenvalue weighted by atomic mass is 32.1. The second-order valence-corrected chi connectivity index (χ2v) is 13.1. The molecule has 10 aromatic rings. The van der Waals surface area contributed by atoms with E-state index in [4.69, 9.17) is 14.4 Å². The summed E-state index contributed by atoms with van der Waals surface area (Å²) < 4.78 is 11.4. The predicted molar refractivity (Wildman–Crippen MR) is 183 cm³/mol. The van der Waals surface area contributed by atoms with Crippen molar-refractivity contribution in [2.75, 3.05) is 0 Å².